The van der Waals surface area contributed by atoms with E-state index in [-0.39, 0.29) is 5.56 Å². The van der Waals surface area contributed by atoms with Gasteiger partial charge in [0.2, 0.25) is 6.41 Å². The van der Waals surface area contributed by atoms with Gasteiger partial charge in [-0.25, -0.2) is 4.98 Å². The third-order valence-electron chi connectivity index (χ3n) is 7.94. The molecule has 0 unspecified atom stereocenters. The summed E-state index contributed by atoms with van der Waals surface area (Å²) in [5.74, 6) is 1.70. The van der Waals surface area contributed by atoms with Gasteiger partial charge in [-0.15, -0.1) is 0 Å². The molecule has 3 rings (SSSR count). The molecule has 0 aliphatic heterocycles. The summed E-state index contributed by atoms with van der Waals surface area (Å²) < 4.78 is 1.83. The molecule has 8 heteroatoms. The van der Waals surface area contributed by atoms with Gasteiger partial charge in [0.05, 0.1) is 17.8 Å². The standard InChI is InChI=1S/C35H47N5O3.C4H10.2C2H6/c1-8-13-32-37-31(10-3)33(26(6)39(21-9-2)22-20-25(4)5)35(42)40(32)23-27-16-18-28(19-17-27)29-14-11-12-15-30(29)34(36-24-41)38-43-7;1-3-4-2;2*1-2/h11-12,14-19,24-25H,6,8-10,13,20-23H2,1-5,7H3,(H,36,38,41);3-4H2,1-2H3;2*1-2H3. The number of oxime groups is 1. The number of benzene rings is 2. The monoisotopic (exact) mass is 704 g/mol. The van der Waals surface area contributed by atoms with Gasteiger partial charge in [0.15, 0.2) is 5.84 Å². The minimum absolute atomic E-state index is 0.0271. The van der Waals surface area contributed by atoms with Crippen molar-refractivity contribution < 1.29 is 9.63 Å². The summed E-state index contributed by atoms with van der Waals surface area (Å²) in [4.78, 5) is 37.7. The Labute approximate surface area is 310 Å². The van der Waals surface area contributed by atoms with E-state index in [9.17, 15) is 9.59 Å². The predicted molar refractivity (Wildman–Crippen MR) is 219 cm³/mol. The number of unbranched alkanes of at least 4 members (excludes halogenated alkanes) is 1. The Hall–Kier alpha value is -4.20. The van der Waals surface area contributed by atoms with Crippen molar-refractivity contribution in [2.45, 2.75) is 128 Å². The molecule has 1 N–H and O–H groups in total. The highest BCUT2D eigenvalue weighted by atomic mass is 16.6. The molecule has 284 valence electrons. The first-order chi connectivity index (χ1) is 24.7. The third kappa shape index (κ3) is 14.9. The van der Waals surface area contributed by atoms with E-state index in [4.69, 9.17) is 9.82 Å². The zero-order chi connectivity index (χ0) is 38.8. The van der Waals surface area contributed by atoms with Crippen LogP contribution in [0.3, 0.4) is 0 Å². The molecule has 51 heavy (non-hydrogen) atoms. The summed E-state index contributed by atoms with van der Waals surface area (Å²) in [6.07, 6.45) is 7.52. The number of hydrogen-bond donors (Lipinski definition) is 1. The van der Waals surface area contributed by atoms with Gasteiger partial charge in [0.25, 0.3) is 5.56 Å². The fourth-order valence-electron chi connectivity index (χ4n) is 5.21. The van der Waals surface area contributed by atoms with E-state index in [2.05, 4.69) is 70.4 Å². The Morgan fingerprint density at radius 1 is 0.941 bits per heavy atom. The number of aryl methyl sites for hydroxylation is 2. The fraction of sp³-hybridized carbons (Fsp3) is 0.535. The lowest BCUT2D eigenvalue weighted by atomic mass is 9.98. The molecular formula is C43H69N5O3. The maximum Gasteiger partial charge on any atom is 0.263 e. The highest BCUT2D eigenvalue weighted by Gasteiger charge is 2.21. The summed E-state index contributed by atoms with van der Waals surface area (Å²) in [7, 11) is 1.44. The topological polar surface area (TPSA) is 88.8 Å². The van der Waals surface area contributed by atoms with Gasteiger partial charge in [0.1, 0.15) is 12.9 Å². The van der Waals surface area contributed by atoms with Gasteiger partial charge < -0.3 is 15.1 Å². The van der Waals surface area contributed by atoms with Crippen LogP contribution in [0.1, 0.15) is 136 Å². The lowest BCUT2D eigenvalue weighted by molar-refractivity contribution is -0.108. The van der Waals surface area contributed by atoms with E-state index in [1.807, 2.05) is 80.8 Å². The molecule has 0 aliphatic rings. The first kappa shape index (κ1) is 46.8. The predicted octanol–water partition coefficient (Wildman–Crippen LogP) is 10.1. The van der Waals surface area contributed by atoms with Crippen LogP contribution in [0.2, 0.25) is 0 Å². The Balaban J connectivity index is 0.00000286. The molecule has 0 atom stereocenters. The van der Waals surface area contributed by atoms with E-state index in [0.717, 1.165) is 78.2 Å². The summed E-state index contributed by atoms with van der Waals surface area (Å²) in [6, 6.07) is 15.8. The second-order valence-electron chi connectivity index (χ2n) is 12.1. The molecule has 1 aromatic heterocycles. The number of hydrogen-bond acceptors (Lipinski definition) is 6. The van der Waals surface area contributed by atoms with Crippen LogP contribution < -0.4 is 10.9 Å². The first-order valence-corrected chi connectivity index (χ1v) is 19.3. The molecule has 8 nitrogen and oxygen atoms in total. The minimum atomic E-state index is -0.0271. The van der Waals surface area contributed by atoms with Gasteiger partial charge in [-0.2, -0.15) is 0 Å². The highest BCUT2D eigenvalue weighted by Crippen LogP contribution is 2.25. The second kappa shape index (κ2) is 27.5. The molecule has 0 saturated carbocycles. The SMILES string of the molecule is C=C(c1c(CC)nc(CCC)n(Cc2ccc(-c3ccccc3/C(=N/OC)NC=O)cc2)c1=O)N(CCC)CCC(C)C.CC.CC.CCCC. The van der Waals surface area contributed by atoms with Gasteiger partial charge in [-0.3, -0.25) is 14.2 Å². The third-order valence-corrected chi connectivity index (χ3v) is 7.94. The largest absolute Gasteiger partial charge is 0.397 e. The van der Waals surface area contributed by atoms with Gasteiger partial charge in [-0.1, -0.05) is 149 Å². The van der Waals surface area contributed by atoms with E-state index in [0.29, 0.717) is 36.7 Å². The molecule has 0 aliphatic carbocycles. The molecule has 3 aromatic rings. The number of carbonyl (C=O) groups excluding carboxylic acids is 1. The minimum Gasteiger partial charge on any atom is -0.397 e. The van der Waals surface area contributed by atoms with Crippen molar-refractivity contribution in [3.8, 4) is 11.1 Å². The molecule has 2 aromatic carbocycles. The average Bonchev–Trinajstić information content (AvgIpc) is 3.16. The van der Waals surface area contributed by atoms with Crippen molar-refractivity contribution in [2.24, 2.45) is 11.1 Å². The summed E-state index contributed by atoms with van der Waals surface area (Å²) in [5.41, 5.74) is 5.78. The molecule has 0 bridgehead atoms. The lowest BCUT2D eigenvalue weighted by Crippen LogP contribution is -2.34. The maximum absolute atomic E-state index is 14.2. The molecule has 0 radical (unpaired) electrons. The number of aromatic nitrogens is 2. The van der Waals surface area contributed by atoms with E-state index in [1.54, 1.807) is 0 Å². The maximum atomic E-state index is 14.2. The van der Waals surface area contributed by atoms with Crippen LogP contribution >= 0.6 is 0 Å². The van der Waals surface area contributed by atoms with Crippen LogP contribution in [0.5, 0.6) is 0 Å². The molecule has 0 saturated heterocycles. The number of carbonyl (C=O) groups is 1. The Morgan fingerprint density at radius 2 is 1.57 bits per heavy atom. The van der Waals surface area contributed by atoms with E-state index >= 15 is 0 Å². The van der Waals surface area contributed by atoms with Crippen LogP contribution in [0, 0.1) is 5.92 Å². The molecule has 1 heterocycles. The van der Waals surface area contributed by atoms with Crippen LogP contribution in [-0.4, -0.2) is 46.9 Å². The number of amidine groups is 1. The average molecular weight is 704 g/mol. The van der Waals surface area contributed by atoms with Gasteiger partial charge in [-0.05, 0) is 48.3 Å². The summed E-state index contributed by atoms with van der Waals surface area (Å²) in [5, 5.41) is 6.60. The van der Waals surface area contributed by atoms with Crippen LogP contribution in [0.4, 0.5) is 0 Å². The van der Waals surface area contributed by atoms with Crippen molar-refractivity contribution in [1.82, 2.24) is 19.8 Å². The van der Waals surface area contributed by atoms with Crippen molar-refractivity contribution in [3.63, 3.8) is 0 Å². The fourth-order valence-corrected chi connectivity index (χ4v) is 5.21. The van der Waals surface area contributed by atoms with Gasteiger partial charge >= 0.3 is 0 Å². The Kier molecular flexibility index (Phi) is 25.2. The zero-order valence-corrected chi connectivity index (χ0v) is 34.1. The first-order valence-electron chi connectivity index (χ1n) is 19.3. The normalized spacial score (nSPS) is 10.5. The van der Waals surface area contributed by atoms with Crippen LogP contribution in [0.25, 0.3) is 16.8 Å². The van der Waals surface area contributed by atoms with Crippen LogP contribution in [0.15, 0.2) is 65.1 Å². The van der Waals surface area contributed by atoms with Gasteiger partial charge in [0, 0.05) is 30.8 Å². The highest BCUT2D eigenvalue weighted by molar-refractivity contribution is 6.08. The lowest BCUT2D eigenvalue weighted by Gasteiger charge is -2.28. The smallest absolute Gasteiger partial charge is 0.263 e. The quantitative estimate of drug-likeness (QED) is 0.0654. The molecule has 0 fully saturated rings. The zero-order valence-electron chi connectivity index (χ0n) is 34.1. The van der Waals surface area contributed by atoms with E-state index < -0.39 is 0 Å². The second-order valence-corrected chi connectivity index (χ2v) is 12.1. The molecule has 1 amide bonds. The van der Waals surface area contributed by atoms with Crippen molar-refractivity contribution in [1.29, 1.82) is 0 Å². The Morgan fingerprint density at radius 3 is 2.08 bits per heavy atom. The molecule has 0 spiro atoms. The number of nitrogens with zero attached hydrogens (tertiary/aromatic N) is 4. The van der Waals surface area contributed by atoms with Crippen molar-refractivity contribution >= 4 is 17.9 Å². The number of nitrogens with one attached hydrogen (secondary N) is 1. The summed E-state index contributed by atoms with van der Waals surface area (Å²) in [6.45, 7) is 29.7. The van der Waals surface area contributed by atoms with E-state index in [1.165, 1.54) is 20.0 Å². The van der Waals surface area contributed by atoms with Crippen molar-refractivity contribution in [2.75, 3.05) is 20.2 Å². The molecular weight excluding hydrogens is 635 g/mol. The summed E-state index contributed by atoms with van der Waals surface area (Å²) >= 11 is 0. The number of amides is 1. The van der Waals surface area contributed by atoms with Crippen molar-refractivity contribution in [3.05, 3.63) is 93.7 Å². The Bertz CT molecular complexity index is 1490. The number of rotatable bonds is 17. The van der Waals surface area contributed by atoms with Crippen LogP contribution in [-0.2, 0) is 29.0 Å².